The first-order chi connectivity index (χ1) is 11.1. The van der Waals surface area contributed by atoms with Gasteiger partial charge in [0.15, 0.2) is 5.78 Å². The molecule has 0 radical (unpaired) electrons. The maximum Gasteiger partial charge on any atom is 0.259 e. The number of hydrogen-bond donors (Lipinski definition) is 0. The highest BCUT2D eigenvalue weighted by Gasteiger charge is 2.41. The minimum absolute atomic E-state index is 0.0575. The van der Waals surface area contributed by atoms with Crippen LogP contribution in [0.3, 0.4) is 0 Å². The van der Waals surface area contributed by atoms with Crippen LogP contribution in [0.2, 0.25) is 0 Å². The van der Waals surface area contributed by atoms with Crippen molar-refractivity contribution >= 4 is 17.4 Å². The summed E-state index contributed by atoms with van der Waals surface area (Å²) >= 11 is 0. The zero-order valence-electron chi connectivity index (χ0n) is 13.7. The average Bonchev–Trinajstić information content (AvgIpc) is 2.84. The molecule has 1 saturated heterocycles. The predicted molar refractivity (Wildman–Crippen MR) is 89.1 cm³/mol. The van der Waals surface area contributed by atoms with Crippen LogP contribution >= 0.6 is 0 Å². The molecule has 0 bridgehead atoms. The summed E-state index contributed by atoms with van der Waals surface area (Å²) in [7, 11) is 2.09. The maximum atomic E-state index is 12.7. The van der Waals surface area contributed by atoms with E-state index in [9.17, 15) is 9.59 Å². The Hall–Kier alpha value is -2.01. The van der Waals surface area contributed by atoms with Gasteiger partial charge in [-0.2, -0.15) is 5.10 Å². The molecule has 0 spiro atoms. The van der Waals surface area contributed by atoms with Crippen molar-refractivity contribution in [2.24, 2.45) is 11.0 Å². The number of benzene rings is 1. The van der Waals surface area contributed by atoms with E-state index in [-0.39, 0.29) is 24.2 Å². The Morgan fingerprint density at radius 3 is 2.52 bits per heavy atom. The molecule has 122 valence electrons. The summed E-state index contributed by atoms with van der Waals surface area (Å²) in [5.74, 6) is -0.897. The van der Waals surface area contributed by atoms with E-state index >= 15 is 0 Å². The van der Waals surface area contributed by atoms with Gasteiger partial charge in [-0.1, -0.05) is 30.3 Å². The summed E-state index contributed by atoms with van der Waals surface area (Å²) in [4.78, 5) is 27.5. The third-order valence-corrected chi connectivity index (χ3v) is 4.73. The van der Waals surface area contributed by atoms with Gasteiger partial charge in [0.25, 0.3) is 5.91 Å². The van der Waals surface area contributed by atoms with Crippen molar-refractivity contribution in [1.29, 1.82) is 0 Å². The lowest BCUT2D eigenvalue weighted by Gasteiger charge is -2.33. The SMILES string of the molecule is CC1=NN(C2CCN(C)CC2)C(=O)C1C(=O)Cc1ccccc1. The number of hydrazone groups is 1. The first kappa shape index (κ1) is 15.9. The maximum absolute atomic E-state index is 12.7. The van der Waals surface area contributed by atoms with Crippen molar-refractivity contribution in [3.8, 4) is 0 Å². The second kappa shape index (κ2) is 6.62. The summed E-state index contributed by atoms with van der Waals surface area (Å²) < 4.78 is 0. The second-order valence-corrected chi connectivity index (χ2v) is 6.52. The van der Waals surface area contributed by atoms with Crippen LogP contribution in [0.1, 0.15) is 25.3 Å². The fraction of sp³-hybridized carbons (Fsp3) is 0.500. The number of ketones is 1. The number of amides is 1. The van der Waals surface area contributed by atoms with Gasteiger partial charge in [0.1, 0.15) is 5.92 Å². The van der Waals surface area contributed by atoms with Crippen molar-refractivity contribution in [1.82, 2.24) is 9.91 Å². The third kappa shape index (κ3) is 3.34. The van der Waals surface area contributed by atoms with E-state index < -0.39 is 5.92 Å². The number of piperidine rings is 1. The average molecular weight is 313 g/mol. The van der Waals surface area contributed by atoms with Crippen molar-refractivity contribution < 1.29 is 9.59 Å². The van der Waals surface area contributed by atoms with Crippen LogP contribution in [0.4, 0.5) is 0 Å². The van der Waals surface area contributed by atoms with Gasteiger partial charge in [0.2, 0.25) is 0 Å². The molecule has 5 heteroatoms. The lowest BCUT2D eigenvalue weighted by Crippen LogP contribution is -2.44. The summed E-state index contributed by atoms with van der Waals surface area (Å²) in [6, 6.07) is 9.69. The number of nitrogens with zero attached hydrogens (tertiary/aromatic N) is 3. The highest BCUT2D eigenvalue weighted by molar-refractivity contribution is 6.22. The molecule has 5 nitrogen and oxygen atoms in total. The fourth-order valence-corrected chi connectivity index (χ4v) is 3.36. The molecular weight excluding hydrogens is 290 g/mol. The smallest absolute Gasteiger partial charge is 0.259 e. The van der Waals surface area contributed by atoms with Gasteiger partial charge in [0.05, 0.1) is 11.8 Å². The minimum Gasteiger partial charge on any atom is -0.306 e. The fourth-order valence-electron chi connectivity index (χ4n) is 3.36. The van der Waals surface area contributed by atoms with Crippen LogP contribution in [0, 0.1) is 5.92 Å². The van der Waals surface area contributed by atoms with Crippen LogP contribution < -0.4 is 0 Å². The summed E-state index contributed by atoms with van der Waals surface area (Å²) in [6.45, 7) is 3.72. The lowest BCUT2D eigenvalue weighted by atomic mass is 9.93. The van der Waals surface area contributed by atoms with Crippen molar-refractivity contribution in [2.75, 3.05) is 20.1 Å². The monoisotopic (exact) mass is 313 g/mol. The van der Waals surface area contributed by atoms with Crippen LogP contribution in [0.25, 0.3) is 0 Å². The zero-order valence-corrected chi connectivity index (χ0v) is 13.7. The summed E-state index contributed by atoms with van der Waals surface area (Å²) in [5.41, 5.74) is 1.57. The zero-order chi connectivity index (χ0) is 16.4. The standard InChI is InChI=1S/C18H23N3O2/c1-13-17(16(22)12-14-6-4-3-5-7-14)18(23)21(19-13)15-8-10-20(2)11-9-15/h3-7,15,17H,8-12H2,1-2H3. The van der Waals surface area contributed by atoms with Crippen molar-refractivity contribution in [2.45, 2.75) is 32.2 Å². The molecule has 2 aliphatic rings. The molecule has 23 heavy (non-hydrogen) atoms. The predicted octanol–water partition coefficient (Wildman–Crippen LogP) is 1.73. The van der Waals surface area contributed by atoms with Gasteiger partial charge in [-0.25, -0.2) is 5.01 Å². The van der Waals surface area contributed by atoms with E-state index in [1.54, 1.807) is 11.9 Å². The minimum atomic E-state index is -0.699. The molecule has 2 heterocycles. The third-order valence-electron chi connectivity index (χ3n) is 4.73. The number of rotatable bonds is 4. The Kier molecular flexibility index (Phi) is 4.57. The van der Waals surface area contributed by atoms with E-state index in [2.05, 4.69) is 17.0 Å². The van der Waals surface area contributed by atoms with Gasteiger partial charge < -0.3 is 4.90 Å². The van der Waals surface area contributed by atoms with Gasteiger partial charge in [-0.05, 0) is 45.5 Å². The first-order valence-corrected chi connectivity index (χ1v) is 8.19. The van der Waals surface area contributed by atoms with Crippen LogP contribution in [0.15, 0.2) is 35.4 Å². The van der Waals surface area contributed by atoms with Crippen LogP contribution in [-0.4, -0.2) is 53.5 Å². The van der Waals surface area contributed by atoms with Gasteiger partial charge in [0, 0.05) is 6.42 Å². The number of hydrogen-bond acceptors (Lipinski definition) is 4. The quantitative estimate of drug-likeness (QED) is 0.796. The second-order valence-electron chi connectivity index (χ2n) is 6.52. The molecule has 1 atom stereocenters. The molecule has 1 fully saturated rings. The Morgan fingerprint density at radius 2 is 1.87 bits per heavy atom. The largest absolute Gasteiger partial charge is 0.306 e. The number of carbonyl (C=O) groups excluding carboxylic acids is 2. The molecule has 1 unspecified atom stereocenters. The number of likely N-dealkylation sites (tertiary alicyclic amines) is 1. The molecule has 3 rings (SSSR count). The van der Waals surface area contributed by atoms with Gasteiger partial charge in [-0.3, -0.25) is 9.59 Å². The van der Waals surface area contributed by atoms with E-state index in [1.165, 1.54) is 0 Å². The van der Waals surface area contributed by atoms with Crippen LogP contribution in [0.5, 0.6) is 0 Å². The summed E-state index contributed by atoms with van der Waals surface area (Å²) in [6.07, 6.45) is 2.11. The molecule has 1 amide bonds. The molecule has 0 N–H and O–H groups in total. The molecule has 2 aliphatic heterocycles. The number of Topliss-reactive ketones (excluding diaryl/α,β-unsaturated/α-hetero) is 1. The number of carbonyl (C=O) groups is 2. The molecule has 0 saturated carbocycles. The Labute approximate surface area is 137 Å². The normalized spacial score (nSPS) is 23.2. The first-order valence-electron chi connectivity index (χ1n) is 8.19. The molecule has 1 aromatic rings. The Balaban J connectivity index is 1.68. The molecular formula is C18H23N3O2. The van der Waals surface area contributed by atoms with E-state index in [4.69, 9.17) is 0 Å². The Bertz CT molecular complexity index is 618. The topological polar surface area (TPSA) is 53.0 Å². The van der Waals surface area contributed by atoms with Crippen molar-refractivity contribution in [3.63, 3.8) is 0 Å². The van der Waals surface area contributed by atoms with Crippen LogP contribution in [-0.2, 0) is 16.0 Å². The summed E-state index contributed by atoms with van der Waals surface area (Å²) in [5, 5.41) is 6.00. The van der Waals surface area contributed by atoms with E-state index in [1.807, 2.05) is 30.3 Å². The lowest BCUT2D eigenvalue weighted by molar-refractivity contribution is -0.138. The van der Waals surface area contributed by atoms with E-state index in [0.717, 1.165) is 31.5 Å². The van der Waals surface area contributed by atoms with Crippen molar-refractivity contribution in [3.05, 3.63) is 35.9 Å². The highest BCUT2D eigenvalue weighted by atomic mass is 16.2. The van der Waals surface area contributed by atoms with Gasteiger partial charge >= 0.3 is 0 Å². The molecule has 1 aromatic carbocycles. The molecule has 0 aromatic heterocycles. The molecule has 0 aliphatic carbocycles. The van der Waals surface area contributed by atoms with E-state index in [0.29, 0.717) is 5.71 Å². The Morgan fingerprint density at radius 1 is 1.22 bits per heavy atom. The highest BCUT2D eigenvalue weighted by Crippen LogP contribution is 2.25. The van der Waals surface area contributed by atoms with Gasteiger partial charge in [-0.15, -0.1) is 0 Å².